The van der Waals surface area contributed by atoms with Crippen molar-refractivity contribution in [3.05, 3.63) is 16.8 Å². The molecule has 0 unspecified atom stereocenters. The Kier molecular flexibility index (Phi) is 3.37. The number of nitrogen functional groups attached to an aromatic ring is 1. The first-order chi connectivity index (χ1) is 8.85. The van der Waals surface area contributed by atoms with Gasteiger partial charge in [-0.2, -0.15) is 0 Å². The van der Waals surface area contributed by atoms with Crippen LogP contribution >= 0.6 is 11.6 Å². The van der Waals surface area contributed by atoms with Gasteiger partial charge in [0.1, 0.15) is 11.0 Å². The Bertz CT molecular complexity index is 476. The molecule has 2 fully saturated rings. The van der Waals surface area contributed by atoms with Crippen LogP contribution in [0.2, 0.25) is 5.15 Å². The quantitative estimate of drug-likeness (QED) is 0.805. The van der Waals surface area contributed by atoms with Gasteiger partial charge in [-0.1, -0.05) is 25.4 Å². The summed E-state index contributed by atoms with van der Waals surface area (Å²) in [4.78, 5) is 5.96. The van der Waals surface area contributed by atoms with Gasteiger partial charge in [-0.25, -0.2) is 13.8 Å². The lowest BCUT2D eigenvalue weighted by atomic mass is 9.96. The molecule has 1 saturated carbocycles. The predicted octanol–water partition coefficient (Wildman–Crippen LogP) is 3.50. The van der Waals surface area contributed by atoms with E-state index in [0.29, 0.717) is 29.7 Å². The molecule has 6 heteroatoms. The molecule has 1 spiro atoms. The van der Waals surface area contributed by atoms with Gasteiger partial charge in [0.15, 0.2) is 0 Å². The maximum absolute atomic E-state index is 13.0. The Balaban J connectivity index is 0.000000637. The third kappa shape index (κ3) is 2.14. The Hall–Kier alpha value is -1.10. The summed E-state index contributed by atoms with van der Waals surface area (Å²) in [5, 5.41) is 0.337. The molecule has 2 heterocycles. The summed E-state index contributed by atoms with van der Waals surface area (Å²) in [7, 11) is 0. The van der Waals surface area contributed by atoms with Crippen LogP contribution in [0.15, 0.2) is 6.07 Å². The number of halogens is 3. The molecule has 1 saturated heterocycles. The van der Waals surface area contributed by atoms with E-state index in [1.54, 1.807) is 17.9 Å². The molecule has 19 heavy (non-hydrogen) atoms. The fourth-order valence-electron chi connectivity index (χ4n) is 2.32. The van der Waals surface area contributed by atoms with E-state index in [1.807, 2.05) is 13.8 Å². The number of anilines is 2. The molecule has 3 rings (SSSR count). The van der Waals surface area contributed by atoms with Gasteiger partial charge in [0, 0.05) is 36.8 Å². The average Bonchev–Trinajstić information content (AvgIpc) is 2.90. The van der Waals surface area contributed by atoms with E-state index >= 15 is 0 Å². The molecule has 0 atom stereocenters. The van der Waals surface area contributed by atoms with Crippen LogP contribution in [0.4, 0.5) is 20.3 Å². The molecule has 0 bridgehead atoms. The molecule has 0 aromatic carbocycles. The maximum Gasteiger partial charge on any atom is 0.258 e. The zero-order chi connectivity index (χ0) is 14.4. The average molecular weight is 290 g/mol. The summed E-state index contributed by atoms with van der Waals surface area (Å²) in [6.07, 6.45) is -0.00836. The lowest BCUT2D eigenvalue weighted by Gasteiger charge is -2.41. The van der Waals surface area contributed by atoms with Crippen molar-refractivity contribution in [3.8, 4) is 0 Å². The number of nitrogens with zero attached hydrogens (tertiary/aromatic N) is 2. The van der Waals surface area contributed by atoms with Gasteiger partial charge in [-0.3, -0.25) is 0 Å². The highest BCUT2D eigenvalue weighted by Crippen LogP contribution is 2.65. The minimum Gasteiger partial charge on any atom is -0.398 e. The third-order valence-electron chi connectivity index (χ3n) is 3.76. The second-order valence-corrected chi connectivity index (χ2v) is 5.36. The van der Waals surface area contributed by atoms with E-state index < -0.39 is 11.3 Å². The number of alkyl halides is 2. The van der Waals surface area contributed by atoms with Gasteiger partial charge >= 0.3 is 0 Å². The number of pyridine rings is 1. The van der Waals surface area contributed by atoms with Crippen LogP contribution in [0.25, 0.3) is 0 Å². The SMILES string of the molecule is CC.Cc1c(N)cc(N2CC3(C2)CC3(F)F)nc1Cl. The van der Waals surface area contributed by atoms with Crippen molar-refractivity contribution in [1.29, 1.82) is 0 Å². The summed E-state index contributed by atoms with van der Waals surface area (Å²) >= 11 is 5.92. The van der Waals surface area contributed by atoms with Crippen LogP contribution in [0, 0.1) is 12.3 Å². The normalized spacial score (nSPS) is 21.5. The fraction of sp³-hybridized carbons (Fsp3) is 0.615. The van der Waals surface area contributed by atoms with E-state index in [-0.39, 0.29) is 6.42 Å². The summed E-state index contributed by atoms with van der Waals surface area (Å²) in [5.74, 6) is -1.91. The first-order valence-corrected chi connectivity index (χ1v) is 6.78. The summed E-state index contributed by atoms with van der Waals surface area (Å²) in [5.41, 5.74) is 6.24. The molecule has 2 aliphatic rings. The second-order valence-electron chi connectivity index (χ2n) is 5.00. The lowest BCUT2D eigenvalue weighted by molar-refractivity contribution is 0.0518. The molecule has 3 nitrogen and oxygen atoms in total. The fourth-order valence-corrected chi connectivity index (χ4v) is 2.51. The van der Waals surface area contributed by atoms with E-state index in [9.17, 15) is 8.78 Å². The van der Waals surface area contributed by atoms with E-state index in [2.05, 4.69) is 4.98 Å². The van der Waals surface area contributed by atoms with Crippen molar-refractivity contribution in [2.75, 3.05) is 23.7 Å². The van der Waals surface area contributed by atoms with E-state index in [4.69, 9.17) is 17.3 Å². The first-order valence-electron chi connectivity index (χ1n) is 6.40. The zero-order valence-corrected chi connectivity index (χ0v) is 12.1. The summed E-state index contributed by atoms with van der Waals surface area (Å²) in [6, 6.07) is 1.69. The minimum atomic E-state index is -2.50. The van der Waals surface area contributed by atoms with Crippen molar-refractivity contribution in [1.82, 2.24) is 4.98 Å². The highest BCUT2D eigenvalue weighted by atomic mass is 35.5. The number of nitrogens with two attached hydrogens (primary N) is 1. The number of rotatable bonds is 1. The van der Waals surface area contributed by atoms with Gasteiger partial charge < -0.3 is 10.6 Å². The molecular weight excluding hydrogens is 272 g/mol. The standard InChI is InChI=1S/C11H12ClF2N3.C2H6/c1-6-7(15)2-8(16-9(6)12)17-4-10(5-17)3-11(10,13)14;1-2/h2H,3-5H2,1H3,(H2,15,16);1-2H3. The zero-order valence-electron chi connectivity index (χ0n) is 11.3. The second kappa shape index (κ2) is 4.47. The molecule has 2 N–H and O–H groups in total. The topological polar surface area (TPSA) is 42.1 Å². The van der Waals surface area contributed by atoms with Crippen molar-refractivity contribution in [2.24, 2.45) is 5.41 Å². The largest absolute Gasteiger partial charge is 0.398 e. The Morgan fingerprint density at radius 2 is 1.89 bits per heavy atom. The molecule has 0 radical (unpaired) electrons. The molecule has 1 aliphatic heterocycles. The Morgan fingerprint density at radius 3 is 2.32 bits per heavy atom. The van der Waals surface area contributed by atoms with Crippen LogP contribution in [-0.4, -0.2) is 24.0 Å². The molecule has 0 amide bonds. The molecular formula is C13H18ClF2N3. The van der Waals surface area contributed by atoms with Gasteiger partial charge in [0.2, 0.25) is 0 Å². The van der Waals surface area contributed by atoms with Crippen LogP contribution in [0.1, 0.15) is 25.8 Å². The first kappa shape index (κ1) is 14.3. The Labute approximate surface area is 116 Å². The van der Waals surface area contributed by atoms with Crippen molar-refractivity contribution in [2.45, 2.75) is 33.1 Å². The lowest BCUT2D eigenvalue weighted by Crippen LogP contribution is -2.51. The number of aromatic nitrogens is 1. The summed E-state index contributed by atoms with van der Waals surface area (Å²) in [6.45, 7) is 6.46. The van der Waals surface area contributed by atoms with Crippen molar-refractivity contribution in [3.63, 3.8) is 0 Å². The van der Waals surface area contributed by atoms with Gasteiger partial charge in [0.25, 0.3) is 5.92 Å². The van der Waals surface area contributed by atoms with Crippen LogP contribution in [0.3, 0.4) is 0 Å². The highest BCUT2D eigenvalue weighted by molar-refractivity contribution is 6.30. The van der Waals surface area contributed by atoms with Gasteiger partial charge in [-0.15, -0.1) is 0 Å². The van der Waals surface area contributed by atoms with Crippen LogP contribution < -0.4 is 10.6 Å². The number of hydrogen-bond acceptors (Lipinski definition) is 3. The number of hydrogen-bond donors (Lipinski definition) is 1. The molecule has 1 aliphatic carbocycles. The van der Waals surface area contributed by atoms with Gasteiger partial charge in [0.05, 0.1) is 5.41 Å². The van der Waals surface area contributed by atoms with Crippen LogP contribution in [0.5, 0.6) is 0 Å². The van der Waals surface area contributed by atoms with Crippen molar-refractivity contribution < 1.29 is 8.78 Å². The highest BCUT2D eigenvalue weighted by Gasteiger charge is 2.76. The van der Waals surface area contributed by atoms with Crippen molar-refractivity contribution >= 4 is 23.1 Å². The molecule has 1 aromatic heterocycles. The smallest absolute Gasteiger partial charge is 0.258 e. The third-order valence-corrected chi connectivity index (χ3v) is 4.13. The minimum absolute atomic E-state index is 0.00836. The van der Waals surface area contributed by atoms with E-state index in [1.165, 1.54) is 0 Å². The molecule has 1 aromatic rings. The molecule has 106 valence electrons. The van der Waals surface area contributed by atoms with Gasteiger partial charge in [-0.05, 0) is 6.92 Å². The maximum atomic E-state index is 13.0. The van der Waals surface area contributed by atoms with E-state index in [0.717, 1.165) is 5.56 Å². The summed E-state index contributed by atoms with van der Waals surface area (Å²) < 4.78 is 26.1. The monoisotopic (exact) mass is 289 g/mol. The van der Waals surface area contributed by atoms with Crippen LogP contribution in [-0.2, 0) is 0 Å². The predicted molar refractivity (Wildman–Crippen MR) is 74.0 cm³/mol. The Morgan fingerprint density at radius 1 is 1.37 bits per heavy atom.